The molecular weight excluding hydrogens is 465 g/mol. The maximum Gasteiger partial charge on any atom is 0.511 e. The van der Waals surface area contributed by atoms with Crippen molar-refractivity contribution >= 4 is 15.7 Å². The van der Waals surface area contributed by atoms with Crippen molar-refractivity contribution in [2.75, 3.05) is 11.4 Å². The number of nitrogens with zero attached hydrogens (tertiary/aromatic N) is 3. The molecule has 0 spiro atoms. The van der Waals surface area contributed by atoms with Crippen LogP contribution in [0.2, 0.25) is 0 Å². The standard InChI is InChI=1S/C24H31F3N4O2S/c25-24(26,27)34(32,33)30-14-19-3-1-2-4-22(19)31(15-20-13-28-17-29-20)21(16-30)8-12-23-9-5-18(6-10-23)7-11-23/h1-4,13,17-18,21H,5-12,14-16H2,(H,28,29)/t18?,21-,23?/m0/s1. The molecule has 1 aromatic heterocycles. The van der Waals surface area contributed by atoms with Crippen LogP contribution in [0.5, 0.6) is 0 Å². The fourth-order valence-corrected chi connectivity index (χ4v) is 7.21. The Morgan fingerprint density at radius 2 is 1.82 bits per heavy atom. The average Bonchev–Trinajstić information content (AvgIpc) is 3.28. The second kappa shape index (κ2) is 8.86. The highest BCUT2D eigenvalue weighted by molar-refractivity contribution is 7.89. The average molecular weight is 497 g/mol. The van der Waals surface area contributed by atoms with Crippen LogP contribution in [0.15, 0.2) is 36.8 Å². The maximum absolute atomic E-state index is 13.6. The molecule has 1 aromatic carbocycles. The second-order valence-corrected chi connectivity index (χ2v) is 12.2. The number of sulfonamides is 1. The minimum absolute atomic E-state index is 0.191. The minimum Gasteiger partial charge on any atom is -0.361 e. The number of hydrogen-bond donors (Lipinski definition) is 1. The third-order valence-corrected chi connectivity index (χ3v) is 9.83. The van der Waals surface area contributed by atoms with Gasteiger partial charge in [-0.3, -0.25) is 0 Å². The first kappa shape index (κ1) is 23.7. The molecule has 3 saturated carbocycles. The Kier molecular flexibility index (Phi) is 6.16. The Bertz CT molecular complexity index is 1080. The van der Waals surface area contributed by atoms with E-state index in [0.29, 0.717) is 22.8 Å². The number of hydrogen-bond acceptors (Lipinski definition) is 4. The Hall–Kier alpha value is -2.07. The Morgan fingerprint density at radius 3 is 2.47 bits per heavy atom. The Labute approximate surface area is 198 Å². The van der Waals surface area contributed by atoms with Crippen LogP contribution in [-0.4, -0.2) is 40.8 Å². The first-order valence-corrected chi connectivity index (χ1v) is 13.5. The van der Waals surface area contributed by atoms with Gasteiger partial charge in [-0.25, -0.2) is 13.4 Å². The van der Waals surface area contributed by atoms with Gasteiger partial charge in [-0.05, 0) is 74.3 Å². The molecule has 6 nitrogen and oxygen atoms in total. The predicted octanol–water partition coefficient (Wildman–Crippen LogP) is 5.20. The summed E-state index contributed by atoms with van der Waals surface area (Å²) in [6.07, 6.45) is 12.1. The van der Waals surface area contributed by atoms with Gasteiger partial charge in [0.05, 0.1) is 18.6 Å². The van der Waals surface area contributed by atoms with Gasteiger partial charge in [0.25, 0.3) is 0 Å². The Balaban J connectivity index is 1.49. The summed E-state index contributed by atoms with van der Waals surface area (Å²) >= 11 is 0. The van der Waals surface area contributed by atoms with Crippen LogP contribution in [0, 0.1) is 11.3 Å². The summed E-state index contributed by atoms with van der Waals surface area (Å²) in [5.74, 6) is 0.830. The van der Waals surface area contributed by atoms with Crippen LogP contribution in [0.4, 0.5) is 18.9 Å². The number of nitrogens with one attached hydrogen (secondary N) is 1. The number of anilines is 1. The monoisotopic (exact) mass is 496 g/mol. The van der Waals surface area contributed by atoms with Gasteiger partial charge in [0.1, 0.15) is 0 Å². The molecule has 1 atom stereocenters. The van der Waals surface area contributed by atoms with Crippen LogP contribution < -0.4 is 4.90 Å². The van der Waals surface area contributed by atoms with Crippen molar-refractivity contribution in [2.45, 2.75) is 76.0 Å². The van der Waals surface area contributed by atoms with Crippen molar-refractivity contribution < 1.29 is 21.6 Å². The number of rotatable bonds is 6. The number of benzene rings is 1. The molecule has 3 fully saturated rings. The van der Waals surface area contributed by atoms with Crippen LogP contribution in [0.25, 0.3) is 0 Å². The van der Waals surface area contributed by atoms with Crippen molar-refractivity contribution in [1.29, 1.82) is 0 Å². The lowest BCUT2D eigenvalue weighted by Crippen LogP contribution is -2.47. The number of H-pyrrole nitrogens is 1. The second-order valence-electron chi connectivity index (χ2n) is 10.3. The molecule has 3 aliphatic carbocycles. The minimum atomic E-state index is -5.45. The largest absolute Gasteiger partial charge is 0.511 e. The predicted molar refractivity (Wildman–Crippen MR) is 123 cm³/mol. The van der Waals surface area contributed by atoms with Crippen molar-refractivity contribution in [3.63, 3.8) is 0 Å². The lowest BCUT2D eigenvalue weighted by molar-refractivity contribution is -0.0492. The van der Waals surface area contributed by atoms with E-state index in [1.54, 1.807) is 24.7 Å². The summed E-state index contributed by atoms with van der Waals surface area (Å²) in [5.41, 5.74) is -2.89. The number of para-hydroxylation sites is 1. The molecule has 2 heterocycles. The lowest BCUT2D eigenvalue weighted by Gasteiger charge is -2.48. The van der Waals surface area contributed by atoms with E-state index in [-0.39, 0.29) is 24.5 Å². The third kappa shape index (κ3) is 4.46. The number of fused-ring (bicyclic) bond motifs is 4. The fraction of sp³-hybridized carbons (Fsp3) is 0.625. The van der Waals surface area contributed by atoms with E-state index in [1.165, 1.54) is 38.5 Å². The van der Waals surface area contributed by atoms with Crippen molar-refractivity contribution in [2.24, 2.45) is 11.3 Å². The number of halogens is 3. The fourth-order valence-electron chi connectivity index (χ4n) is 6.24. The zero-order chi connectivity index (χ0) is 24.0. The Morgan fingerprint density at radius 1 is 1.12 bits per heavy atom. The summed E-state index contributed by atoms with van der Waals surface area (Å²) in [6, 6.07) is 6.82. The number of aromatic amines is 1. The molecule has 4 aliphatic rings. The van der Waals surface area contributed by atoms with Gasteiger partial charge >= 0.3 is 15.5 Å². The van der Waals surface area contributed by atoms with E-state index >= 15 is 0 Å². The van der Waals surface area contributed by atoms with E-state index in [0.717, 1.165) is 23.7 Å². The van der Waals surface area contributed by atoms with Gasteiger partial charge in [-0.15, -0.1) is 0 Å². The van der Waals surface area contributed by atoms with Crippen LogP contribution in [-0.2, 0) is 23.1 Å². The van der Waals surface area contributed by atoms with Gasteiger partial charge in [0, 0.05) is 31.0 Å². The molecule has 0 saturated heterocycles. The molecule has 6 rings (SSSR count). The lowest BCUT2D eigenvalue weighted by atomic mass is 9.59. The SMILES string of the molecule is O=S(=O)(N1Cc2ccccc2N(Cc2cnc[nH]2)[C@@H](CCC23CCC(CC2)CC3)C1)C(F)(F)F. The van der Waals surface area contributed by atoms with E-state index in [1.807, 2.05) is 12.1 Å². The number of alkyl halides is 3. The van der Waals surface area contributed by atoms with Crippen molar-refractivity contribution in [3.8, 4) is 0 Å². The van der Waals surface area contributed by atoms with Gasteiger partial charge in [0.15, 0.2) is 0 Å². The van der Waals surface area contributed by atoms with Crippen LogP contribution in [0.3, 0.4) is 0 Å². The van der Waals surface area contributed by atoms with E-state index in [2.05, 4.69) is 14.9 Å². The smallest absolute Gasteiger partial charge is 0.361 e. The normalized spacial score (nSPS) is 28.0. The molecule has 0 radical (unpaired) electrons. The zero-order valence-electron chi connectivity index (χ0n) is 19.1. The molecule has 0 amide bonds. The first-order chi connectivity index (χ1) is 16.2. The summed E-state index contributed by atoms with van der Waals surface area (Å²) in [7, 11) is -5.45. The molecule has 10 heteroatoms. The number of imidazole rings is 1. The van der Waals surface area contributed by atoms with E-state index in [9.17, 15) is 21.6 Å². The highest BCUT2D eigenvalue weighted by Crippen LogP contribution is 2.53. The molecule has 0 unspecified atom stereocenters. The summed E-state index contributed by atoms with van der Waals surface area (Å²) in [4.78, 5) is 9.26. The van der Waals surface area contributed by atoms with Crippen molar-refractivity contribution in [3.05, 3.63) is 48.0 Å². The van der Waals surface area contributed by atoms with Gasteiger partial charge in [0.2, 0.25) is 0 Å². The van der Waals surface area contributed by atoms with Gasteiger partial charge in [-0.1, -0.05) is 18.2 Å². The quantitative estimate of drug-likeness (QED) is 0.597. The third-order valence-electron chi connectivity index (χ3n) is 8.29. The van der Waals surface area contributed by atoms with Crippen molar-refractivity contribution in [1.82, 2.24) is 14.3 Å². The summed E-state index contributed by atoms with van der Waals surface area (Å²) < 4.78 is 66.5. The van der Waals surface area contributed by atoms with Crippen LogP contribution >= 0.6 is 0 Å². The summed E-state index contributed by atoms with van der Waals surface area (Å²) in [6.45, 7) is -0.0547. The number of aromatic nitrogens is 2. The molecular formula is C24H31F3N4O2S. The highest BCUT2D eigenvalue weighted by Gasteiger charge is 2.51. The highest BCUT2D eigenvalue weighted by atomic mass is 32.2. The molecule has 2 aromatic rings. The molecule has 1 N–H and O–H groups in total. The molecule has 2 bridgehead atoms. The molecule has 186 valence electrons. The van der Waals surface area contributed by atoms with E-state index in [4.69, 9.17) is 0 Å². The van der Waals surface area contributed by atoms with Gasteiger partial charge in [-0.2, -0.15) is 17.5 Å². The maximum atomic E-state index is 13.6. The van der Waals surface area contributed by atoms with E-state index < -0.39 is 15.5 Å². The summed E-state index contributed by atoms with van der Waals surface area (Å²) in [5, 5.41) is 0. The van der Waals surface area contributed by atoms with Crippen LogP contribution in [0.1, 0.15) is 62.6 Å². The molecule has 34 heavy (non-hydrogen) atoms. The zero-order valence-corrected chi connectivity index (χ0v) is 19.9. The molecule has 1 aliphatic heterocycles. The topological polar surface area (TPSA) is 69.3 Å². The first-order valence-electron chi connectivity index (χ1n) is 12.1. The van der Waals surface area contributed by atoms with Gasteiger partial charge < -0.3 is 9.88 Å².